The molecule has 2 N–H and O–H groups in total. The van der Waals surface area contributed by atoms with Crippen LogP contribution in [0.4, 0.5) is 0 Å². The number of carbonyl (C=O) groups excluding carboxylic acids is 1. The van der Waals surface area contributed by atoms with Gasteiger partial charge >= 0.3 is 0 Å². The van der Waals surface area contributed by atoms with Gasteiger partial charge in [-0.1, -0.05) is 5.92 Å². The summed E-state index contributed by atoms with van der Waals surface area (Å²) in [7, 11) is 3.32. The van der Waals surface area contributed by atoms with Gasteiger partial charge in [-0.25, -0.2) is 0 Å². The zero-order valence-electron chi connectivity index (χ0n) is 13.1. The van der Waals surface area contributed by atoms with Crippen molar-refractivity contribution in [3.8, 4) is 23.8 Å². The van der Waals surface area contributed by atoms with Crippen LogP contribution in [0.25, 0.3) is 0 Å². The van der Waals surface area contributed by atoms with Gasteiger partial charge in [0.1, 0.15) is 17.5 Å². The Kier molecular flexibility index (Phi) is 5.68. The van der Waals surface area contributed by atoms with Crippen LogP contribution in [-0.2, 0) is 4.79 Å². The summed E-state index contributed by atoms with van der Waals surface area (Å²) in [5, 5.41) is 2.73. The van der Waals surface area contributed by atoms with Crippen molar-refractivity contribution in [2.24, 2.45) is 0 Å². The standard InChI is InChI=1S/C17H22N2O3/c1-4-9-18-17(20)12-19-10-5-6-15(19)14-11-13(21-2)7-8-16(14)22-3/h1,7-8,11,15H,5-6,9-10,12H2,2-3H3,(H,18,20)/p+1/t15-/m1/s1. The fourth-order valence-electron chi connectivity index (χ4n) is 3.03. The van der Waals surface area contributed by atoms with E-state index in [4.69, 9.17) is 15.9 Å². The number of benzene rings is 1. The lowest BCUT2D eigenvalue weighted by molar-refractivity contribution is -0.910. The lowest BCUT2D eigenvalue weighted by atomic mass is 10.0. The number of rotatable bonds is 6. The van der Waals surface area contributed by atoms with Crippen LogP contribution in [0, 0.1) is 12.3 Å². The summed E-state index contributed by atoms with van der Waals surface area (Å²) < 4.78 is 10.8. The Morgan fingerprint density at radius 3 is 2.95 bits per heavy atom. The minimum Gasteiger partial charge on any atom is -0.497 e. The van der Waals surface area contributed by atoms with E-state index >= 15 is 0 Å². The fraction of sp³-hybridized carbons (Fsp3) is 0.471. The predicted octanol–water partition coefficient (Wildman–Crippen LogP) is 0.173. The molecule has 0 aliphatic carbocycles. The SMILES string of the molecule is C#CCNC(=O)C[NH+]1CCC[C@@H]1c1cc(OC)ccc1OC. The molecular weight excluding hydrogens is 280 g/mol. The van der Waals surface area contributed by atoms with Crippen molar-refractivity contribution < 1.29 is 19.2 Å². The summed E-state index contributed by atoms with van der Waals surface area (Å²) in [6, 6.07) is 6.05. The van der Waals surface area contributed by atoms with Crippen LogP contribution < -0.4 is 19.7 Å². The van der Waals surface area contributed by atoms with Gasteiger partial charge in [-0.2, -0.15) is 0 Å². The number of nitrogens with one attached hydrogen (secondary N) is 2. The number of carbonyl (C=O) groups is 1. The Labute approximate surface area is 131 Å². The normalized spacial score (nSPS) is 20.2. The van der Waals surface area contributed by atoms with Crippen molar-refractivity contribution in [2.75, 3.05) is 33.9 Å². The van der Waals surface area contributed by atoms with E-state index in [2.05, 4.69) is 11.2 Å². The van der Waals surface area contributed by atoms with Crippen molar-refractivity contribution in [2.45, 2.75) is 18.9 Å². The average Bonchev–Trinajstić information content (AvgIpc) is 3.00. The van der Waals surface area contributed by atoms with Gasteiger partial charge in [-0.3, -0.25) is 4.79 Å². The molecule has 1 aliphatic rings. The number of ether oxygens (including phenoxy) is 2. The highest BCUT2D eigenvalue weighted by atomic mass is 16.5. The Hall–Kier alpha value is -2.19. The van der Waals surface area contributed by atoms with Crippen LogP contribution >= 0.6 is 0 Å². The number of hydrogen-bond donors (Lipinski definition) is 2. The molecule has 2 rings (SSSR count). The number of terminal acetylenes is 1. The minimum absolute atomic E-state index is 0.0123. The van der Waals surface area contributed by atoms with Crippen LogP contribution in [0.5, 0.6) is 11.5 Å². The average molecular weight is 303 g/mol. The van der Waals surface area contributed by atoms with Crippen LogP contribution in [0.2, 0.25) is 0 Å². The van der Waals surface area contributed by atoms with E-state index in [0.29, 0.717) is 6.54 Å². The van der Waals surface area contributed by atoms with Crippen molar-refractivity contribution in [1.82, 2.24) is 5.32 Å². The maximum absolute atomic E-state index is 11.9. The molecule has 0 spiro atoms. The first-order valence-corrected chi connectivity index (χ1v) is 7.46. The zero-order valence-corrected chi connectivity index (χ0v) is 13.1. The Morgan fingerprint density at radius 1 is 1.45 bits per heavy atom. The molecule has 0 radical (unpaired) electrons. The molecular formula is C17H23N2O3+. The zero-order chi connectivity index (χ0) is 15.9. The summed E-state index contributed by atoms with van der Waals surface area (Å²) in [6.07, 6.45) is 7.29. The number of amides is 1. The molecule has 1 unspecified atom stereocenters. The largest absolute Gasteiger partial charge is 0.497 e. The van der Waals surface area contributed by atoms with E-state index in [1.54, 1.807) is 14.2 Å². The monoisotopic (exact) mass is 303 g/mol. The maximum atomic E-state index is 11.9. The maximum Gasteiger partial charge on any atom is 0.275 e. The van der Waals surface area contributed by atoms with Crippen molar-refractivity contribution >= 4 is 5.91 Å². The van der Waals surface area contributed by atoms with Gasteiger partial charge in [0.2, 0.25) is 0 Å². The minimum atomic E-state index is -0.0123. The van der Waals surface area contributed by atoms with Gasteiger partial charge in [0.05, 0.1) is 32.9 Å². The molecule has 0 saturated carbocycles. The van der Waals surface area contributed by atoms with Gasteiger partial charge in [-0.15, -0.1) is 6.42 Å². The van der Waals surface area contributed by atoms with Gasteiger partial charge in [0.15, 0.2) is 6.54 Å². The lowest BCUT2D eigenvalue weighted by Gasteiger charge is -2.23. The quantitative estimate of drug-likeness (QED) is 0.737. The Balaban J connectivity index is 2.16. The third kappa shape index (κ3) is 3.71. The van der Waals surface area contributed by atoms with E-state index in [-0.39, 0.29) is 18.5 Å². The predicted molar refractivity (Wildman–Crippen MR) is 84.1 cm³/mol. The Morgan fingerprint density at radius 2 is 2.27 bits per heavy atom. The van der Waals surface area contributed by atoms with E-state index in [1.807, 2.05) is 18.2 Å². The van der Waals surface area contributed by atoms with Gasteiger partial charge in [-0.05, 0) is 18.2 Å². The van der Waals surface area contributed by atoms with Gasteiger partial charge in [0.25, 0.3) is 5.91 Å². The summed E-state index contributed by atoms with van der Waals surface area (Å²) in [4.78, 5) is 13.2. The third-order valence-electron chi connectivity index (χ3n) is 4.07. The number of quaternary nitrogens is 1. The van der Waals surface area contributed by atoms with E-state index in [1.165, 1.54) is 4.90 Å². The molecule has 1 fully saturated rings. The first kappa shape index (κ1) is 16.2. The molecule has 0 bridgehead atoms. The summed E-state index contributed by atoms with van der Waals surface area (Å²) in [5.41, 5.74) is 1.10. The smallest absolute Gasteiger partial charge is 0.275 e. The van der Waals surface area contributed by atoms with Crippen molar-refractivity contribution in [3.05, 3.63) is 23.8 Å². The van der Waals surface area contributed by atoms with Crippen LogP contribution in [0.1, 0.15) is 24.4 Å². The first-order valence-electron chi connectivity index (χ1n) is 7.46. The number of methoxy groups -OCH3 is 2. The fourth-order valence-corrected chi connectivity index (χ4v) is 3.03. The summed E-state index contributed by atoms with van der Waals surface area (Å²) in [6.45, 7) is 1.67. The summed E-state index contributed by atoms with van der Waals surface area (Å²) >= 11 is 0. The van der Waals surface area contributed by atoms with E-state index < -0.39 is 0 Å². The van der Waals surface area contributed by atoms with Gasteiger partial charge in [0, 0.05) is 12.8 Å². The molecule has 1 aliphatic heterocycles. The third-order valence-corrected chi connectivity index (χ3v) is 4.07. The Bertz CT molecular complexity index is 566. The molecule has 5 nitrogen and oxygen atoms in total. The molecule has 0 aromatic heterocycles. The molecule has 1 aromatic carbocycles. The van der Waals surface area contributed by atoms with E-state index in [9.17, 15) is 4.79 Å². The van der Waals surface area contributed by atoms with Crippen LogP contribution in [0.3, 0.4) is 0 Å². The first-order chi connectivity index (χ1) is 10.7. The topological polar surface area (TPSA) is 52.0 Å². The highest BCUT2D eigenvalue weighted by molar-refractivity contribution is 5.77. The number of likely N-dealkylation sites (tertiary alicyclic amines) is 1. The molecule has 1 amide bonds. The van der Waals surface area contributed by atoms with E-state index in [0.717, 1.165) is 36.4 Å². The molecule has 2 atom stereocenters. The second-order valence-electron chi connectivity index (χ2n) is 5.37. The molecule has 118 valence electrons. The highest BCUT2D eigenvalue weighted by Gasteiger charge is 2.33. The second kappa shape index (κ2) is 7.71. The number of hydrogen-bond acceptors (Lipinski definition) is 3. The summed E-state index contributed by atoms with van der Waals surface area (Å²) in [5.74, 6) is 4.06. The molecule has 1 saturated heterocycles. The van der Waals surface area contributed by atoms with Gasteiger partial charge < -0.3 is 19.7 Å². The van der Waals surface area contributed by atoms with Crippen LogP contribution in [-0.4, -0.2) is 39.8 Å². The highest BCUT2D eigenvalue weighted by Crippen LogP contribution is 2.31. The second-order valence-corrected chi connectivity index (χ2v) is 5.37. The van der Waals surface area contributed by atoms with Crippen LogP contribution in [0.15, 0.2) is 18.2 Å². The molecule has 5 heteroatoms. The lowest BCUT2D eigenvalue weighted by Crippen LogP contribution is -3.11. The van der Waals surface area contributed by atoms with Crippen molar-refractivity contribution in [3.63, 3.8) is 0 Å². The molecule has 1 heterocycles. The molecule has 22 heavy (non-hydrogen) atoms. The molecule has 1 aromatic rings. The van der Waals surface area contributed by atoms with Crippen molar-refractivity contribution in [1.29, 1.82) is 0 Å².